The molecule has 1 aliphatic carbocycles. The number of nitrogens with two attached hydrogens (primary N) is 1. The van der Waals surface area contributed by atoms with E-state index >= 15 is 0 Å². The van der Waals surface area contributed by atoms with Crippen molar-refractivity contribution in [2.45, 2.75) is 52.5 Å². The van der Waals surface area contributed by atoms with Crippen LogP contribution in [-0.2, 0) is 6.42 Å². The standard InChI is InChI=1S/C15H24ClNS/c1-15(2,3)11-4-5-13(17)10(8-11)9-14-12(16)6-7-18-14/h6-7,10-11,13H,4-5,8-9,17H2,1-3H3. The number of thiophene rings is 1. The highest BCUT2D eigenvalue weighted by Gasteiger charge is 2.34. The summed E-state index contributed by atoms with van der Waals surface area (Å²) < 4.78 is 0. The summed E-state index contributed by atoms with van der Waals surface area (Å²) in [4.78, 5) is 1.31. The zero-order valence-electron chi connectivity index (χ0n) is 11.6. The Labute approximate surface area is 120 Å². The van der Waals surface area contributed by atoms with Gasteiger partial charge in [0.1, 0.15) is 0 Å². The highest BCUT2D eigenvalue weighted by molar-refractivity contribution is 7.10. The normalized spacial score (nSPS) is 29.5. The summed E-state index contributed by atoms with van der Waals surface area (Å²) in [5, 5.41) is 3.00. The van der Waals surface area contributed by atoms with Crippen molar-refractivity contribution in [1.29, 1.82) is 0 Å². The number of halogens is 1. The van der Waals surface area contributed by atoms with Gasteiger partial charge in [0.2, 0.25) is 0 Å². The smallest absolute Gasteiger partial charge is 0.0545 e. The molecule has 0 aromatic carbocycles. The van der Waals surface area contributed by atoms with Gasteiger partial charge in [-0.2, -0.15) is 0 Å². The van der Waals surface area contributed by atoms with Gasteiger partial charge in [-0.05, 0) is 54.4 Å². The van der Waals surface area contributed by atoms with Crippen molar-refractivity contribution in [3.05, 3.63) is 21.3 Å². The SMILES string of the molecule is CC(C)(C)C1CCC(N)C(Cc2sccc2Cl)C1. The summed E-state index contributed by atoms with van der Waals surface area (Å²) in [6, 6.07) is 2.35. The van der Waals surface area contributed by atoms with Crippen LogP contribution in [0.1, 0.15) is 44.9 Å². The molecule has 0 saturated heterocycles. The number of hydrogen-bond donors (Lipinski definition) is 1. The molecule has 3 unspecified atom stereocenters. The molecule has 18 heavy (non-hydrogen) atoms. The molecule has 0 aliphatic heterocycles. The average Bonchev–Trinajstić information content (AvgIpc) is 2.66. The maximum absolute atomic E-state index is 6.31. The van der Waals surface area contributed by atoms with E-state index in [4.69, 9.17) is 17.3 Å². The van der Waals surface area contributed by atoms with Crippen molar-refractivity contribution >= 4 is 22.9 Å². The molecule has 1 aliphatic rings. The van der Waals surface area contributed by atoms with Crippen molar-refractivity contribution in [1.82, 2.24) is 0 Å². The van der Waals surface area contributed by atoms with Crippen LogP contribution in [0, 0.1) is 17.3 Å². The molecule has 1 heterocycles. The Morgan fingerprint density at radius 2 is 2.11 bits per heavy atom. The quantitative estimate of drug-likeness (QED) is 0.835. The van der Waals surface area contributed by atoms with Gasteiger partial charge in [0.15, 0.2) is 0 Å². The van der Waals surface area contributed by atoms with Gasteiger partial charge >= 0.3 is 0 Å². The average molecular weight is 286 g/mol. The fourth-order valence-corrected chi connectivity index (χ4v) is 4.23. The lowest BCUT2D eigenvalue weighted by Gasteiger charge is -2.40. The highest BCUT2D eigenvalue weighted by atomic mass is 35.5. The minimum atomic E-state index is 0.349. The lowest BCUT2D eigenvalue weighted by Crippen LogP contribution is -2.40. The first kappa shape index (κ1) is 14.4. The van der Waals surface area contributed by atoms with Gasteiger partial charge in [-0.15, -0.1) is 11.3 Å². The third-order valence-electron chi connectivity index (χ3n) is 4.40. The van der Waals surface area contributed by atoms with Crippen LogP contribution in [0.25, 0.3) is 0 Å². The fraction of sp³-hybridized carbons (Fsp3) is 0.733. The van der Waals surface area contributed by atoms with Crippen LogP contribution in [0.5, 0.6) is 0 Å². The monoisotopic (exact) mass is 285 g/mol. The van der Waals surface area contributed by atoms with Crippen LogP contribution in [0.3, 0.4) is 0 Å². The van der Waals surface area contributed by atoms with Crippen molar-refractivity contribution in [2.75, 3.05) is 0 Å². The van der Waals surface area contributed by atoms with Gasteiger partial charge in [0.05, 0.1) is 5.02 Å². The Balaban J connectivity index is 2.04. The van der Waals surface area contributed by atoms with E-state index < -0.39 is 0 Å². The van der Waals surface area contributed by atoms with E-state index in [0.717, 1.165) is 23.8 Å². The van der Waals surface area contributed by atoms with Crippen molar-refractivity contribution in [3.8, 4) is 0 Å². The van der Waals surface area contributed by atoms with Gasteiger partial charge in [-0.25, -0.2) is 0 Å². The topological polar surface area (TPSA) is 26.0 Å². The molecule has 1 aromatic heterocycles. The third-order valence-corrected chi connectivity index (χ3v) is 5.81. The van der Waals surface area contributed by atoms with Gasteiger partial charge in [0.25, 0.3) is 0 Å². The maximum Gasteiger partial charge on any atom is 0.0545 e. The molecule has 2 N–H and O–H groups in total. The molecule has 2 rings (SSSR count). The zero-order chi connectivity index (χ0) is 13.3. The van der Waals surface area contributed by atoms with Gasteiger partial charge in [0, 0.05) is 10.9 Å². The molecule has 3 heteroatoms. The first-order chi connectivity index (χ1) is 8.38. The summed E-state index contributed by atoms with van der Waals surface area (Å²) in [5.74, 6) is 1.39. The molecule has 0 bridgehead atoms. The van der Waals surface area contributed by atoms with Crippen LogP contribution in [-0.4, -0.2) is 6.04 Å². The molecular weight excluding hydrogens is 262 g/mol. The van der Waals surface area contributed by atoms with Gasteiger partial charge in [-0.1, -0.05) is 32.4 Å². The van der Waals surface area contributed by atoms with Crippen LogP contribution in [0.4, 0.5) is 0 Å². The van der Waals surface area contributed by atoms with E-state index in [2.05, 4.69) is 26.2 Å². The Hall–Kier alpha value is -0.0500. The minimum Gasteiger partial charge on any atom is -0.327 e. The molecule has 102 valence electrons. The molecule has 1 nitrogen and oxygen atoms in total. The minimum absolute atomic E-state index is 0.349. The highest BCUT2D eigenvalue weighted by Crippen LogP contribution is 2.41. The molecular formula is C15H24ClNS. The van der Waals surface area contributed by atoms with E-state index in [-0.39, 0.29) is 0 Å². The largest absolute Gasteiger partial charge is 0.327 e. The zero-order valence-corrected chi connectivity index (χ0v) is 13.2. The summed E-state index contributed by atoms with van der Waals surface area (Å²) in [6.45, 7) is 7.05. The van der Waals surface area contributed by atoms with Crippen LogP contribution in [0.2, 0.25) is 5.02 Å². The van der Waals surface area contributed by atoms with E-state index in [1.165, 1.54) is 17.7 Å². The second-order valence-corrected chi connectivity index (χ2v) is 8.10. The van der Waals surface area contributed by atoms with Gasteiger partial charge < -0.3 is 5.73 Å². The Kier molecular flexibility index (Phi) is 4.40. The molecule has 1 aromatic rings. The number of rotatable bonds is 2. The van der Waals surface area contributed by atoms with E-state index in [0.29, 0.717) is 17.4 Å². The summed E-state index contributed by atoms with van der Waals surface area (Å²) in [6.07, 6.45) is 4.75. The molecule has 1 fully saturated rings. The second kappa shape index (κ2) is 5.52. The molecule has 3 atom stereocenters. The predicted octanol–water partition coefficient (Wildman–Crippen LogP) is 4.73. The van der Waals surface area contributed by atoms with Crippen LogP contribution in [0.15, 0.2) is 11.4 Å². The van der Waals surface area contributed by atoms with E-state index in [1.807, 2.05) is 6.07 Å². The first-order valence-electron chi connectivity index (χ1n) is 6.85. The van der Waals surface area contributed by atoms with Crippen molar-refractivity contribution in [3.63, 3.8) is 0 Å². The van der Waals surface area contributed by atoms with E-state index in [9.17, 15) is 0 Å². The lowest BCUT2D eigenvalue weighted by molar-refractivity contribution is 0.127. The van der Waals surface area contributed by atoms with Gasteiger partial charge in [-0.3, -0.25) is 0 Å². The van der Waals surface area contributed by atoms with Crippen LogP contribution < -0.4 is 5.73 Å². The molecule has 1 saturated carbocycles. The summed E-state index contributed by atoms with van der Waals surface area (Å²) >= 11 is 7.97. The molecule has 0 spiro atoms. The lowest BCUT2D eigenvalue weighted by atomic mass is 9.67. The third kappa shape index (κ3) is 3.28. The first-order valence-corrected chi connectivity index (χ1v) is 8.11. The van der Waals surface area contributed by atoms with Crippen molar-refractivity contribution < 1.29 is 0 Å². The Morgan fingerprint density at radius 3 is 2.67 bits per heavy atom. The second-order valence-electron chi connectivity index (χ2n) is 6.70. The van der Waals surface area contributed by atoms with Crippen molar-refractivity contribution in [2.24, 2.45) is 23.0 Å². The van der Waals surface area contributed by atoms with Crippen LogP contribution >= 0.6 is 22.9 Å². The molecule has 0 radical (unpaired) electrons. The summed E-state index contributed by atoms with van der Waals surface area (Å²) in [5.41, 5.74) is 6.71. The Morgan fingerprint density at radius 1 is 1.39 bits per heavy atom. The Bertz CT molecular complexity index is 393. The predicted molar refractivity (Wildman–Crippen MR) is 81.3 cm³/mol. The summed E-state index contributed by atoms with van der Waals surface area (Å²) in [7, 11) is 0. The molecule has 0 amide bonds. The maximum atomic E-state index is 6.31. The van der Waals surface area contributed by atoms with E-state index in [1.54, 1.807) is 11.3 Å². The fourth-order valence-electron chi connectivity index (χ4n) is 3.02. The number of hydrogen-bond acceptors (Lipinski definition) is 2.